The van der Waals surface area contributed by atoms with Crippen molar-refractivity contribution in [2.75, 3.05) is 26.4 Å². The minimum atomic E-state index is -1.57. The van der Waals surface area contributed by atoms with Crippen LogP contribution in [-0.4, -0.2) is 66.2 Å². The summed E-state index contributed by atoms with van der Waals surface area (Å²) in [7, 11) is 0. The molecule has 0 bridgehead atoms. The lowest BCUT2D eigenvalue weighted by Crippen LogP contribution is -2.61. The summed E-state index contributed by atoms with van der Waals surface area (Å²) in [5, 5.41) is 23.5. The number of ether oxygens (including phenoxy) is 2. The Balaban J connectivity index is 1.40. The van der Waals surface area contributed by atoms with Gasteiger partial charge in [0.15, 0.2) is 6.10 Å². The van der Waals surface area contributed by atoms with Crippen LogP contribution in [0.2, 0.25) is 0 Å². The first-order valence-corrected chi connectivity index (χ1v) is 11.3. The van der Waals surface area contributed by atoms with E-state index in [1.165, 1.54) is 0 Å². The Morgan fingerprint density at radius 2 is 1.62 bits per heavy atom. The highest BCUT2D eigenvalue weighted by Gasteiger charge is 2.42. The van der Waals surface area contributed by atoms with Crippen molar-refractivity contribution >= 4 is 18.0 Å². The van der Waals surface area contributed by atoms with E-state index in [0.29, 0.717) is 0 Å². The summed E-state index contributed by atoms with van der Waals surface area (Å²) in [4.78, 5) is 36.5. The molecule has 1 aliphatic carbocycles. The Labute approximate surface area is 197 Å². The van der Waals surface area contributed by atoms with Gasteiger partial charge in [0.05, 0.1) is 0 Å². The van der Waals surface area contributed by atoms with Crippen LogP contribution in [0.15, 0.2) is 48.5 Å². The molecule has 0 aromatic heterocycles. The average Bonchev–Trinajstić information content (AvgIpc) is 3.17. The Kier molecular flexibility index (Phi) is 7.14. The van der Waals surface area contributed by atoms with Crippen LogP contribution in [0, 0.1) is 0 Å². The maximum atomic E-state index is 12.9. The number of rotatable bonds is 8. The maximum absolute atomic E-state index is 12.9. The number of carbonyl (C=O) groups is 3. The Bertz CT molecular complexity index is 1020. The van der Waals surface area contributed by atoms with Crippen molar-refractivity contribution in [3.05, 3.63) is 59.7 Å². The van der Waals surface area contributed by atoms with E-state index in [1.54, 1.807) is 0 Å². The molecular formula is C25H28N2O7. The molecule has 1 atom stereocenters. The molecular weight excluding hydrogens is 440 g/mol. The first-order chi connectivity index (χ1) is 16.4. The van der Waals surface area contributed by atoms with Gasteiger partial charge in [-0.2, -0.15) is 0 Å². The van der Waals surface area contributed by atoms with Crippen LogP contribution in [0.3, 0.4) is 0 Å². The standard InChI is InChI=1S/C25H28N2O7/c28-21(22(29)30)9-12-26-23(31)25(10-13-33-14-11-25)27-24(32)34-15-20-18-7-3-1-5-16(18)17-6-2-4-8-19(17)20/h1-8,20-21,28H,9-15H2,(H,26,31)(H,27,32)(H,29,30). The van der Waals surface area contributed by atoms with E-state index >= 15 is 0 Å². The number of aliphatic carboxylic acids is 1. The van der Waals surface area contributed by atoms with E-state index in [2.05, 4.69) is 22.8 Å². The number of nitrogens with one attached hydrogen (secondary N) is 2. The van der Waals surface area contributed by atoms with Gasteiger partial charge in [0, 0.05) is 44.9 Å². The number of fused-ring (bicyclic) bond motifs is 3. The molecule has 1 saturated heterocycles. The van der Waals surface area contributed by atoms with Crippen LogP contribution in [-0.2, 0) is 19.1 Å². The van der Waals surface area contributed by atoms with Gasteiger partial charge in [0.1, 0.15) is 12.1 Å². The first-order valence-electron chi connectivity index (χ1n) is 11.3. The second-order valence-corrected chi connectivity index (χ2v) is 8.54. The smallest absolute Gasteiger partial charge is 0.408 e. The molecule has 2 aliphatic rings. The third kappa shape index (κ3) is 4.90. The predicted molar refractivity (Wildman–Crippen MR) is 122 cm³/mol. The lowest BCUT2D eigenvalue weighted by Gasteiger charge is -2.36. The molecule has 0 radical (unpaired) electrons. The van der Waals surface area contributed by atoms with Crippen LogP contribution in [0.25, 0.3) is 11.1 Å². The second-order valence-electron chi connectivity index (χ2n) is 8.54. The summed E-state index contributed by atoms with van der Waals surface area (Å²) < 4.78 is 11.0. The highest BCUT2D eigenvalue weighted by Crippen LogP contribution is 2.44. The zero-order chi connectivity index (χ0) is 24.1. The lowest BCUT2D eigenvalue weighted by atomic mass is 9.89. The molecule has 180 valence electrons. The van der Waals surface area contributed by atoms with Gasteiger partial charge < -0.3 is 30.3 Å². The van der Waals surface area contributed by atoms with Gasteiger partial charge in [-0.1, -0.05) is 48.5 Å². The van der Waals surface area contributed by atoms with Gasteiger partial charge in [0.25, 0.3) is 0 Å². The van der Waals surface area contributed by atoms with Crippen LogP contribution < -0.4 is 10.6 Å². The van der Waals surface area contributed by atoms with Crippen molar-refractivity contribution in [2.24, 2.45) is 0 Å². The molecule has 9 nitrogen and oxygen atoms in total. The highest BCUT2D eigenvalue weighted by atomic mass is 16.5. The van der Waals surface area contributed by atoms with E-state index in [1.807, 2.05) is 36.4 Å². The summed E-state index contributed by atoms with van der Waals surface area (Å²) in [5.74, 6) is -1.91. The van der Waals surface area contributed by atoms with Crippen LogP contribution in [0.5, 0.6) is 0 Å². The second kappa shape index (κ2) is 10.2. The summed E-state index contributed by atoms with van der Waals surface area (Å²) in [6.45, 7) is 0.657. The van der Waals surface area contributed by atoms with E-state index in [0.717, 1.165) is 22.3 Å². The van der Waals surface area contributed by atoms with Crippen molar-refractivity contribution in [3.63, 3.8) is 0 Å². The molecule has 1 unspecified atom stereocenters. The van der Waals surface area contributed by atoms with Crippen molar-refractivity contribution < 1.29 is 34.1 Å². The number of alkyl carbamates (subject to hydrolysis) is 1. The number of aliphatic hydroxyl groups excluding tert-OH is 1. The number of hydrogen-bond acceptors (Lipinski definition) is 6. The van der Waals surface area contributed by atoms with Gasteiger partial charge in [-0.3, -0.25) is 4.79 Å². The van der Waals surface area contributed by atoms with Gasteiger partial charge in [0.2, 0.25) is 5.91 Å². The minimum Gasteiger partial charge on any atom is -0.479 e. The molecule has 4 rings (SSSR count). The van der Waals surface area contributed by atoms with Crippen LogP contribution in [0.4, 0.5) is 4.79 Å². The highest BCUT2D eigenvalue weighted by molar-refractivity contribution is 5.90. The van der Waals surface area contributed by atoms with Gasteiger partial charge >= 0.3 is 12.1 Å². The fraction of sp³-hybridized carbons (Fsp3) is 0.400. The normalized spacial score (nSPS) is 17.2. The molecule has 2 aromatic carbocycles. The zero-order valence-electron chi connectivity index (χ0n) is 18.7. The van der Waals surface area contributed by atoms with Crippen molar-refractivity contribution in [1.82, 2.24) is 10.6 Å². The molecule has 1 heterocycles. The molecule has 4 N–H and O–H groups in total. The summed E-state index contributed by atoms with van der Waals surface area (Å²) >= 11 is 0. The molecule has 2 amide bonds. The van der Waals surface area contributed by atoms with E-state index in [9.17, 15) is 19.5 Å². The van der Waals surface area contributed by atoms with Crippen molar-refractivity contribution in [3.8, 4) is 11.1 Å². The van der Waals surface area contributed by atoms with Crippen LogP contribution >= 0.6 is 0 Å². The number of carbonyl (C=O) groups excluding carboxylic acids is 2. The summed E-state index contributed by atoms with van der Waals surface area (Å²) in [6.07, 6.45) is -1.90. The number of hydrogen-bond donors (Lipinski definition) is 4. The van der Waals surface area contributed by atoms with Gasteiger partial charge in [-0.25, -0.2) is 9.59 Å². The fourth-order valence-corrected chi connectivity index (χ4v) is 4.57. The average molecular weight is 469 g/mol. The van der Waals surface area contributed by atoms with E-state index in [4.69, 9.17) is 14.6 Å². The predicted octanol–water partition coefficient (Wildman–Crippen LogP) is 2.03. The molecule has 0 spiro atoms. The number of carboxylic acid groups (broad SMARTS) is 1. The molecule has 0 saturated carbocycles. The maximum Gasteiger partial charge on any atom is 0.408 e. The Hall–Kier alpha value is -3.43. The van der Waals surface area contributed by atoms with Gasteiger partial charge in [-0.05, 0) is 22.3 Å². The van der Waals surface area contributed by atoms with Crippen LogP contribution in [0.1, 0.15) is 36.3 Å². The third-order valence-corrected chi connectivity index (χ3v) is 6.45. The lowest BCUT2D eigenvalue weighted by molar-refractivity contribution is -0.147. The summed E-state index contributed by atoms with van der Waals surface area (Å²) in [5.41, 5.74) is 3.19. The van der Waals surface area contributed by atoms with Crippen molar-refractivity contribution in [1.29, 1.82) is 0 Å². The third-order valence-electron chi connectivity index (χ3n) is 6.45. The number of aliphatic hydroxyl groups is 1. The molecule has 9 heteroatoms. The first kappa shape index (κ1) is 23.7. The zero-order valence-corrected chi connectivity index (χ0v) is 18.7. The van der Waals surface area contributed by atoms with E-state index < -0.39 is 29.6 Å². The molecule has 1 fully saturated rings. The topological polar surface area (TPSA) is 134 Å². The summed E-state index contributed by atoms with van der Waals surface area (Å²) in [6, 6.07) is 16.0. The molecule has 1 aliphatic heterocycles. The van der Waals surface area contributed by atoms with E-state index in [-0.39, 0.29) is 51.5 Å². The Morgan fingerprint density at radius 3 is 2.21 bits per heavy atom. The monoisotopic (exact) mass is 468 g/mol. The largest absolute Gasteiger partial charge is 0.479 e. The number of amides is 2. The Morgan fingerprint density at radius 1 is 1.03 bits per heavy atom. The SMILES string of the molecule is O=C(NC1(C(=O)NCCC(O)C(=O)O)CCOCC1)OCC1c2ccccc2-c2ccccc21. The fourth-order valence-electron chi connectivity index (χ4n) is 4.57. The number of benzene rings is 2. The quantitative estimate of drug-likeness (QED) is 0.466. The van der Waals surface area contributed by atoms with Gasteiger partial charge in [-0.15, -0.1) is 0 Å². The molecule has 2 aromatic rings. The number of carboxylic acids is 1. The van der Waals surface area contributed by atoms with Crippen molar-refractivity contribution in [2.45, 2.75) is 36.8 Å². The molecule has 34 heavy (non-hydrogen) atoms. The minimum absolute atomic E-state index is 0.0404.